The third-order valence-corrected chi connectivity index (χ3v) is 12.2. The van der Waals surface area contributed by atoms with E-state index >= 15 is 0 Å². The van der Waals surface area contributed by atoms with Crippen molar-refractivity contribution in [2.75, 3.05) is 29.4 Å². The lowest BCUT2D eigenvalue weighted by atomic mass is 9.82. The van der Waals surface area contributed by atoms with E-state index in [-0.39, 0.29) is 28.8 Å². The van der Waals surface area contributed by atoms with Crippen LogP contribution in [0.3, 0.4) is 0 Å². The van der Waals surface area contributed by atoms with Gasteiger partial charge >= 0.3 is 5.97 Å². The number of sulfonamides is 1. The lowest BCUT2D eigenvalue weighted by Crippen LogP contribution is -2.60. The molecule has 2 aromatic heterocycles. The van der Waals surface area contributed by atoms with Crippen LogP contribution in [0.1, 0.15) is 61.5 Å². The number of pyridine rings is 1. The number of carbonyl (C=O) groups excluding carboxylic acids is 1. The van der Waals surface area contributed by atoms with Gasteiger partial charge in [0.15, 0.2) is 0 Å². The lowest BCUT2D eigenvalue weighted by Gasteiger charge is -2.44. The second kappa shape index (κ2) is 12.2. The third-order valence-electron chi connectivity index (χ3n) is 9.00. The summed E-state index contributed by atoms with van der Waals surface area (Å²) < 4.78 is 29.0. The Hall–Kier alpha value is -2.99. The molecule has 6 rings (SSSR count). The molecular weight excluding hydrogens is 608 g/mol. The number of benzene rings is 1. The highest BCUT2D eigenvalue weighted by atomic mass is 35.5. The van der Waals surface area contributed by atoms with Gasteiger partial charge in [0.2, 0.25) is 15.9 Å². The van der Waals surface area contributed by atoms with Crippen molar-refractivity contribution in [1.82, 2.24) is 9.29 Å². The first-order chi connectivity index (χ1) is 20.6. The van der Waals surface area contributed by atoms with Gasteiger partial charge in [0.1, 0.15) is 15.6 Å². The van der Waals surface area contributed by atoms with Crippen LogP contribution in [0.2, 0.25) is 5.02 Å². The third kappa shape index (κ3) is 5.92. The number of piperazine rings is 1. The van der Waals surface area contributed by atoms with Gasteiger partial charge in [-0.25, -0.2) is 18.2 Å². The quantitative estimate of drug-likeness (QED) is 0.330. The van der Waals surface area contributed by atoms with E-state index in [0.29, 0.717) is 21.6 Å². The summed E-state index contributed by atoms with van der Waals surface area (Å²) in [6.45, 7) is 2.74. The predicted molar refractivity (Wildman–Crippen MR) is 169 cm³/mol. The minimum Gasteiger partial charge on any atom is -0.477 e. The topological polar surface area (TPSA) is 111 Å². The SMILES string of the molecule is C[C@@H]1CCCN1c1ccc(S(=O)(=O)N2CC(=O)N(c3cc(-c4ccc(Cl)cc4)sc3C(=O)O)[C@H](C3CCCCC3)C2)cn1. The number of anilines is 2. The van der Waals surface area contributed by atoms with Crippen LogP contribution < -0.4 is 9.80 Å². The molecule has 1 aliphatic carbocycles. The first kappa shape index (κ1) is 30.1. The molecule has 1 saturated carbocycles. The fourth-order valence-electron chi connectivity index (χ4n) is 6.73. The molecule has 0 radical (unpaired) electrons. The number of halogens is 1. The number of carboxylic acid groups (broad SMARTS) is 1. The van der Waals surface area contributed by atoms with Gasteiger partial charge in [-0.3, -0.25) is 4.79 Å². The Balaban J connectivity index is 1.33. The summed E-state index contributed by atoms with van der Waals surface area (Å²) >= 11 is 7.17. The summed E-state index contributed by atoms with van der Waals surface area (Å²) in [7, 11) is -4.02. The average molecular weight is 643 g/mol. The van der Waals surface area contributed by atoms with Crippen molar-refractivity contribution in [2.24, 2.45) is 5.92 Å². The van der Waals surface area contributed by atoms with Gasteiger partial charge in [0, 0.05) is 35.2 Å². The number of carbonyl (C=O) groups is 2. The first-order valence-corrected chi connectivity index (χ1v) is 17.4. The average Bonchev–Trinajstić information content (AvgIpc) is 3.64. The number of rotatable bonds is 7. The number of hydrogen-bond donors (Lipinski definition) is 1. The monoisotopic (exact) mass is 642 g/mol. The normalized spacial score (nSPS) is 22.3. The number of thiophene rings is 1. The molecule has 43 heavy (non-hydrogen) atoms. The molecule has 0 bridgehead atoms. The molecule has 12 heteroatoms. The van der Waals surface area contributed by atoms with Crippen LogP contribution in [0.4, 0.5) is 11.5 Å². The maximum atomic E-state index is 14.0. The van der Waals surface area contributed by atoms with Gasteiger partial charge in [-0.1, -0.05) is 43.0 Å². The largest absolute Gasteiger partial charge is 0.477 e. The smallest absolute Gasteiger partial charge is 0.348 e. The minimum absolute atomic E-state index is 0.0494. The highest BCUT2D eigenvalue weighted by molar-refractivity contribution is 7.89. The predicted octanol–water partition coefficient (Wildman–Crippen LogP) is 6.14. The molecule has 2 saturated heterocycles. The van der Waals surface area contributed by atoms with E-state index in [1.54, 1.807) is 35.2 Å². The zero-order valence-electron chi connectivity index (χ0n) is 24.0. The molecule has 1 amide bonds. The Morgan fingerprint density at radius 1 is 1.05 bits per heavy atom. The van der Waals surface area contributed by atoms with Gasteiger partial charge in [0.05, 0.1) is 18.3 Å². The summed E-state index contributed by atoms with van der Waals surface area (Å²) in [6, 6.07) is 12.0. The fourth-order valence-corrected chi connectivity index (χ4v) is 9.20. The van der Waals surface area contributed by atoms with E-state index in [9.17, 15) is 23.1 Å². The van der Waals surface area contributed by atoms with E-state index in [0.717, 1.165) is 74.2 Å². The van der Waals surface area contributed by atoms with Crippen LogP contribution in [-0.2, 0) is 14.8 Å². The standard InChI is InChI=1S/C31H35ClN4O5S2/c1-20-6-5-15-35(20)28-14-13-24(17-33-28)43(40,41)34-18-26(21-7-3-2-4-8-21)36(29(37)19-34)25-16-27(42-30(25)31(38)39)22-9-11-23(32)12-10-22/h9-14,16-17,20-21,26H,2-8,15,18-19H2,1H3,(H,38,39)/t20-,26+/m1/s1. The number of aromatic carboxylic acids is 1. The second-order valence-corrected chi connectivity index (χ2v) is 15.1. The van der Waals surface area contributed by atoms with Crippen LogP contribution in [0.15, 0.2) is 53.6 Å². The Morgan fingerprint density at radius 2 is 1.79 bits per heavy atom. The second-order valence-electron chi connectivity index (χ2n) is 11.7. The number of amides is 1. The van der Waals surface area contributed by atoms with Crippen molar-refractivity contribution in [3.63, 3.8) is 0 Å². The molecule has 1 aromatic carbocycles. The van der Waals surface area contributed by atoms with Crippen molar-refractivity contribution in [2.45, 2.75) is 68.8 Å². The maximum Gasteiger partial charge on any atom is 0.348 e. The number of aromatic nitrogens is 1. The van der Waals surface area contributed by atoms with E-state index in [1.807, 2.05) is 12.1 Å². The zero-order chi connectivity index (χ0) is 30.3. The molecule has 3 aromatic rings. The van der Waals surface area contributed by atoms with Crippen LogP contribution in [-0.4, -0.2) is 66.4 Å². The van der Waals surface area contributed by atoms with Gasteiger partial charge in [-0.05, 0) is 74.4 Å². The number of carboxylic acids is 1. The molecule has 4 heterocycles. The maximum absolute atomic E-state index is 14.0. The highest BCUT2D eigenvalue weighted by Gasteiger charge is 2.44. The van der Waals surface area contributed by atoms with Crippen LogP contribution in [0.5, 0.6) is 0 Å². The summed E-state index contributed by atoms with van der Waals surface area (Å²) in [5.74, 6) is -0.749. The molecule has 2 atom stereocenters. The van der Waals surface area contributed by atoms with Crippen molar-refractivity contribution < 1.29 is 23.1 Å². The van der Waals surface area contributed by atoms with E-state index in [4.69, 9.17) is 11.6 Å². The van der Waals surface area contributed by atoms with Crippen LogP contribution >= 0.6 is 22.9 Å². The molecular formula is C31H35ClN4O5S2. The van der Waals surface area contributed by atoms with Gasteiger partial charge in [-0.15, -0.1) is 11.3 Å². The highest BCUT2D eigenvalue weighted by Crippen LogP contribution is 2.42. The fraction of sp³-hybridized carbons (Fsp3) is 0.452. The Kier molecular flexibility index (Phi) is 8.52. The van der Waals surface area contributed by atoms with Crippen LogP contribution in [0.25, 0.3) is 10.4 Å². The van der Waals surface area contributed by atoms with Gasteiger partial charge < -0.3 is 14.9 Å². The number of nitrogens with zero attached hydrogens (tertiary/aromatic N) is 4. The van der Waals surface area contributed by atoms with Crippen molar-refractivity contribution >= 4 is 56.3 Å². The molecule has 0 spiro atoms. The Labute approximate surface area is 261 Å². The van der Waals surface area contributed by atoms with Crippen LogP contribution in [0, 0.1) is 5.92 Å². The molecule has 1 N–H and O–H groups in total. The van der Waals surface area contributed by atoms with Gasteiger partial charge in [-0.2, -0.15) is 4.31 Å². The summed E-state index contributed by atoms with van der Waals surface area (Å²) in [4.78, 5) is 35.5. The minimum atomic E-state index is -4.02. The van der Waals surface area contributed by atoms with Gasteiger partial charge in [0.25, 0.3) is 0 Å². The molecule has 228 valence electrons. The van der Waals surface area contributed by atoms with Crippen molar-refractivity contribution in [3.05, 3.63) is 58.6 Å². The zero-order valence-corrected chi connectivity index (χ0v) is 26.4. The van der Waals surface area contributed by atoms with E-state index < -0.39 is 27.9 Å². The first-order valence-electron chi connectivity index (χ1n) is 14.8. The molecule has 0 unspecified atom stereocenters. The van der Waals surface area contributed by atoms with Crippen molar-refractivity contribution in [1.29, 1.82) is 0 Å². The summed E-state index contributed by atoms with van der Waals surface area (Å²) in [5, 5.41) is 10.7. The molecule has 9 nitrogen and oxygen atoms in total. The summed E-state index contributed by atoms with van der Waals surface area (Å²) in [5.41, 5.74) is 1.12. The Morgan fingerprint density at radius 3 is 2.42 bits per heavy atom. The van der Waals surface area contributed by atoms with Crippen molar-refractivity contribution in [3.8, 4) is 10.4 Å². The number of hydrogen-bond acceptors (Lipinski definition) is 7. The van der Waals surface area contributed by atoms with E-state index in [2.05, 4.69) is 16.8 Å². The summed E-state index contributed by atoms with van der Waals surface area (Å²) in [6.07, 6.45) is 8.31. The van der Waals surface area contributed by atoms with E-state index in [1.165, 1.54) is 10.5 Å². The lowest BCUT2D eigenvalue weighted by molar-refractivity contribution is -0.121. The molecule has 2 aliphatic heterocycles. The molecule has 3 fully saturated rings. The molecule has 3 aliphatic rings. The Bertz CT molecular complexity index is 1600.